The van der Waals surface area contributed by atoms with Gasteiger partial charge in [0, 0.05) is 35.9 Å². The lowest BCUT2D eigenvalue weighted by Gasteiger charge is -2.16. The molecule has 7 heteroatoms. The lowest BCUT2D eigenvalue weighted by molar-refractivity contribution is -0.121. The minimum Gasteiger partial charge on any atom is -0.369 e. The average molecular weight is 324 g/mol. The van der Waals surface area contributed by atoms with Crippen molar-refractivity contribution in [3.63, 3.8) is 0 Å². The molecule has 2 aromatic rings. The molecule has 3 rings (SSSR count). The summed E-state index contributed by atoms with van der Waals surface area (Å²) < 4.78 is 0.680. The highest BCUT2D eigenvalue weighted by atomic mass is 35.5. The van der Waals surface area contributed by atoms with E-state index in [4.69, 9.17) is 17.3 Å². The molecule has 3 N–H and O–H groups in total. The zero-order valence-electron chi connectivity index (χ0n) is 11.1. The van der Waals surface area contributed by atoms with Crippen LogP contribution in [-0.4, -0.2) is 34.8 Å². The summed E-state index contributed by atoms with van der Waals surface area (Å²) >= 11 is 7.38. The van der Waals surface area contributed by atoms with Gasteiger partial charge in [0.1, 0.15) is 0 Å². The van der Waals surface area contributed by atoms with Crippen molar-refractivity contribution in [3.05, 3.63) is 34.4 Å². The van der Waals surface area contributed by atoms with Crippen molar-refractivity contribution in [2.24, 2.45) is 11.7 Å². The second-order valence-corrected chi connectivity index (χ2v) is 6.74. The molecule has 3 heterocycles. The summed E-state index contributed by atoms with van der Waals surface area (Å²) in [6.45, 7) is 0.951. The number of nitrogens with two attached hydrogens (primary N) is 1. The van der Waals surface area contributed by atoms with E-state index >= 15 is 0 Å². The van der Waals surface area contributed by atoms with Gasteiger partial charge in [0.2, 0.25) is 5.91 Å². The normalized spacial score (nSPS) is 18.1. The number of likely N-dealkylation sites (tertiary alicyclic amines) is 1. The number of nitrogens with zero attached hydrogens (tertiary/aromatic N) is 1. The van der Waals surface area contributed by atoms with Gasteiger partial charge in [0.05, 0.1) is 15.8 Å². The van der Waals surface area contributed by atoms with E-state index < -0.39 is 0 Å². The van der Waals surface area contributed by atoms with E-state index in [2.05, 4.69) is 4.98 Å². The van der Waals surface area contributed by atoms with Crippen LogP contribution in [0.15, 0.2) is 24.5 Å². The van der Waals surface area contributed by atoms with Crippen LogP contribution in [0.3, 0.4) is 0 Å². The SMILES string of the molecule is NC(=O)C1CCN(C(=O)c2c[nH]cc2-c2ccc(Cl)s2)C1. The number of amides is 2. The molecule has 0 aromatic carbocycles. The number of carbonyl (C=O) groups excluding carboxylic acids is 2. The Balaban J connectivity index is 1.84. The Morgan fingerprint density at radius 3 is 2.81 bits per heavy atom. The molecule has 1 aliphatic heterocycles. The van der Waals surface area contributed by atoms with Crippen molar-refractivity contribution >= 4 is 34.8 Å². The first-order valence-electron chi connectivity index (χ1n) is 6.57. The standard InChI is InChI=1S/C14H14ClN3O2S/c15-12-2-1-11(21-12)9-5-17-6-10(9)14(20)18-4-3-8(7-18)13(16)19/h1-2,5-6,8,17H,3-4,7H2,(H2,16,19). The van der Waals surface area contributed by atoms with Gasteiger partial charge in [-0.3, -0.25) is 9.59 Å². The molecule has 1 fully saturated rings. The predicted octanol–water partition coefficient (Wildman–Crippen LogP) is 2.34. The summed E-state index contributed by atoms with van der Waals surface area (Å²) in [4.78, 5) is 29.4. The molecular weight excluding hydrogens is 310 g/mol. The van der Waals surface area contributed by atoms with Gasteiger partial charge < -0.3 is 15.6 Å². The first kappa shape index (κ1) is 14.2. The minimum atomic E-state index is -0.343. The number of halogens is 1. The highest BCUT2D eigenvalue weighted by molar-refractivity contribution is 7.19. The number of H-pyrrole nitrogens is 1. The third kappa shape index (κ3) is 2.69. The van der Waals surface area contributed by atoms with Gasteiger partial charge in [-0.15, -0.1) is 11.3 Å². The summed E-state index contributed by atoms with van der Waals surface area (Å²) in [5, 5.41) is 0. The van der Waals surface area contributed by atoms with Crippen molar-refractivity contribution in [2.75, 3.05) is 13.1 Å². The molecule has 1 saturated heterocycles. The lowest BCUT2D eigenvalue weighted by Crippen LogP contribution is -2.31. The van der Waals surface area contributed by atoms with E-state index in [0.29, 0.717) is 29.4 Å². The Morgan fingerprint density at radius 1 is 1.38 bits per heavy atom. The number of rotatable bonds is 3. The Labute approximate surface area is 130 Å². The van der Waals surface area contributed by atoms with Gasteiger partial charge in [-0.25, -0.2) is 0 Å². The van der Waals surface area contributed by atoms with E-state index in [1.165, 1.54) is 11.3 Å². The van der Waals surface area contributed by atoms with Crippen LogP contribution < -0.4 is 5.73 Å². The quantitative estimate of drug-likeness (QED) is 0.909. The largest absolute Gasteiger partial charge is 0.369 e. The molecule has 0 radical (unpaired) electrons. The van der Waals surface area contributed by atoms with E-state index in [9.17, 15) is 9.59 Å². The van der Waals surface area contributed by atoms with Gasteiger partial charge in [-0.2, -0.15) is 0 Å². The van der Waals surface area contributed by atoms with Gasteiger partial charge >= 0.3 is 0 Å². The molecule has 0 aliphatic carbocycles. The van der Waals surface area contributed by atoms with Crippen LogP contribution in [0.5, 0.6) is 0 Å². The molecule has 1 unspecified atom stereocenters. The van der Waals surface area contributed by atoms with Gasteiger partial charge in [-0.1, -0.05) is 11.6 Å². The van der Waals surface area contributed by atoms with Crippen LogP contribution in [0.25, 0.3) is 10.4 Å². The fourth-order valence-electron chi connectivity index (χ4n) is 2.55. The molecule has 2 amide bonds. The average Bonchev–Trinajstić information content (AvgIpc) is 3.17. The van der Waals surface area contributed by atoms with E-state index in [1.54, 1.807) is 17.3 Å². The number of hydrogen-bond acceptors (Lipinski definition) is 3. The molecule has 0 spiro atoms. The van der Waals surface area contributed by atoms with Crippen LogP contribution in [-0.2, 0) is 4.79 Å². The molecule has 21 heavy (non-hydrogen) atoms. The topological polar surface area (TPSA) is 79.2 Å². The maximum atomic E-state index is 12.6. The third-order valence-electron chi connectivity index (χ3n) is 3.69. The van der Waals surface area contributed by atoms with Crippen LogP contribution in [0.2, 0.25) is 4.34 Å². The molecule has 110 valence electrons. The molecule has 1 aliphatic rings. The number of nitrogens with one attached hydrogen (secondary N) is 1. The Morgan fingerprint density at radius 2 is 2.19 bits per heavy atom. The minimum absolute atomic E-state index is 0.0838. The fraction of sp³-hybridized carbons (Fsp3) is 0.286. The monoisotopic (exact) mass is 323 g/mol. The summed E-state index contributed by atoms with van der Waals surface area (Å²) in [5.41, 5.74) is 6.74. The van der Waals surface area contributed by atoms with E-state index in [-0.39, 0.29) is 17.7 Å². The van der Waals surface area contributed by atoms with Crippen LogP contribution in [0, 0.1) is 5.92 Å². The molecule has 1 atom stereocenters. The Bertz CT molecular complexity index is 694. The van der Waals surface area contributed by atoms with Crippen LogP contribution in [0.4, 0.5) is 0 Å². The van der Waals surface area contributed by atoms with Crippen molar-refractivity contribution in [1.82, 2.24) is 9.88 Å². The first-order chi connectivity index (χ1) is 10.1. The number of thiophene rings is 1. The second kappa shape index (κ2) is 5.54. The van der Waals surface area contributed by atoms with Crippen molar-refractivity contribution in [2.45, 2.75) is 6.42 Å². The lowest BCUT2D eigenvalue weighted by atomic mass is 10.1. The fourth-order valence-corrected chi connectivity index (χ4v) is 3.62. The summed E-state index contributed by atoms with van der Waals surface area (Å²) in [7, 11) is 0. The zero-order valence-corrected chi connectivity index (χ0v) is 12.7. The Hall–Kier alpha value is -1.79. The van der Waals surface area contributed by atoms with E-state index in [1.807, 2.05) is 12.1 Å². The van der Waals surface area contributed by atoms with Gasteiger partial charge in [0.15, 0.2) is 0 Å². The molecule has 0 bridgehead atoms. The highest BCUT2D eigenvalue weighted by Crippen LogP contribution is 2.34. The number of aromatic nitrogens is 1. The maximum Gasteiger partial charge on any atom is 0.256 e. The van der Waals surface area contributed by atoms with Gasteiger partial charge in [-0.05, 0) is 18.6 Å². The summed E-state index contributed by atoms with van der Waals surface area (Å²) in [6.07, 6.45) is 4.10. The van der Waals surface area contributed by atoms with Crippen LogP contribution >= 0.6 is 22.9 Å². The molecular formula is C14H14ClN3O2S. The number of primary amides is 1. The predicted molar refractivity (Wildman–Crippen MR) is 82.3 cm³/mol. The van der Waals surface area contributed by atoms with Crippen LogP contribution in [0.1, 0.15) is 16.8 Å². The molecule has 2 aromatic heterocycles. The smallest absolute Gasteiger partial charge is 0.256 e. The number of carbonyl (C=O) groups is 2. The van der Waals surface area contributed by atoms with Crippen molar-refractivity contribution in [3.8, 4) is 10.4 Å². The van der Waals surface area contributed by atoms with Gasteiger partial charge in [0.25, 0.3) is 5.91 Å². The molecule has 0 saturated carbocycles. The Kier molecular flexibility index (Phi) is 3.73. The zero-order chi connectivity index (χ0) is 15.0. The summed E-state index contributed by atoms with van der Waals surface area (Å²) in [5.74, 6) is -0.670. The third-order valence-corrected chi connectivity index (χ3v) is 4.96. The summed E-state index contributed by atoms with van der Waals surface area (Å²) in [6, 6.07) is 3.70. The molecule has 5 nitrogen and oxygen atoms in total. The second-order valence-electron chi connectivity index (χ2n) is 5.03. The number of aromatic amines is 1. The first-order valence-corrected chi connectivity index (χ1v) is 7.77. The van der Waals surface area contributed by atoms with Crippen molar-refractivity contribution in [1.29, 1.82) is 0 Å². The maximum absolute atomic E-state index is 12.6. The number of hydrogen-bond donors (Lipinski definition) is 2. The highest BCUT2D eigenvalue weighted by Gasteiger charge is 2.31. The van der Waals surface area contributed by atoms with Crippen molar-refractivity contribution < 1.29 is 9.59 Å². The van der Waals surface area contributed by atoms with E-state index in [0.717, 1.165) is 10.4 Å².